The first-order valence-electron chi connectivity index (χ1n) is 6.24. The summed E-state index contributed by atoms with van der Waals surface area (Å²) in [5.74, 6) is 0.214. The molecular formula is C14H19Cl2NO. The normalized spacial score (nSPS) is 10.9. The molecule has 0 amide bonds. The maximum Gasteiger partial charge on any atom is 0.138 e. The Morgan fingerprint density at radius 3 is 2.44 bits per heavy atom. The number of carbonyl (C=O) groups is 1. The minimum absolute atomic E-state index is 0.214. The Kier molecular flexibility index (Phi) is 6.69. The summed E-state index contributed by atoms with van der Waals surface area (Å²) in [6.45, 7) is 6.97. The Hall–Kier alpha value is -0.570. The van der Waals surface area contributed by atoms with E-state index < -0.39 is 0 Å². The lowest BCUT2D eigenvalue weighted by Gasteiger charge is -2.17. The van der Waals surface area contributed by atoms with Crippen molar-refractivity contribution in [2.75, 3.05) is 19.6 Å². The SMILES string of the molecule is CCN(CC)CCC(=O)Cc1ccc(Cl)cc1Cl. The Morgan fingerprint density at radius 2 is 1.89 bits per heavy atom. The molecular weight excluding hydrogens is 269 g/mol. The van der Waals surface area contributed by atoms with E-state index in [9.17, 15) is 4.79 Å². The van der Waals surface area contributed by atoms with Gasteiger partial charge in [-0.1, -0.05) is 43.1 Å². The second kappa shape index (κ2) is 7.78. The van der Waals surface area contributed by atoms with E-state index in [1.165, 1.54) is 0 Å². The lowest BCUT2D eigenvalue weighted by atomic mass is 10.1. The number of hydrogen-bond donors (Lipinski definition) is 0. The van der Waals surface area contributed by atoms with Gasteiger partial charge in [0.15, 0.2) is 0 Å². The van der Waals surface area contributed by atoms with Gasteiger partial charge in [0.25, 0.3) is 0 Å². The second-order valence-electron chi connectivity index (χ2n) is 4.23. The minimum atomic E-state index is 0.214. The number of carbonyl (C=O) groups excluding carboxylic acids is 1. The highest BCUT2D eigenvalue weighted by Gasteiger charge is 2.09. The third-order valence-corrected chi connectivity index (χ3v) is 3.59. The van der Waals surface area contributed by atoms with Crippen LogP contribution in [0, 0.1) is 0 Å². The van der Waals surface area contributed by atoms with Crippen LogP contribution in [0.3, 0.4) is 0 Å². The molecule has 1 aromatic rings. The molecule has 0 bridgehead atoms. The van der Waals surface area contributed by atoms with E-state index in [0.29, 0.717) is 22.9 Å². The molecule has 0 atom stereocenters. The summed E-state index contributed by atoms with van der Waals surface area (Å²) < 4.78 is 0. The molecule has 0 saturated carbocycles. The van der Waals surface area contributed by atoms with E-state index in [1.807, 2.05) is 6.07 Å². The van der Waals surface area contributed by atoms with Gasteiger partial charge in [0, 0.05) is 29.4 Å². The van der Waals surface area contributed by atoms with Gasteiger partial charge in [-0.2, -0.15) is 0 Å². The molecule has 0 aliphatic carbocycles. The summed E-state index contributed by atoms with van der Waals surface area (Å²) in [7, 11) is 0. The van der Waals surface area contributed by atoms with Crippen molar-refractivity contribution in [3.05, 3.63) is 33.8 Å². The molecule has 18 heavy (non-hydrogen) atoms. The Balaban J connectivity index is 2.49. The maximum atomic E-state index is 11.9. The van der Waals surface area contributed by atoms with Gasteiger partial charge in [-0.3, -0.25) is 4.79 Å². The fraction of sp³-hybridized carbons (Fsp3) is 0.500. The van der Waals surface area contributed by atoms with Crippen molar-refractivity contribution in [3.8, 4) is 0 Å². The van der Waals surface area contributed by atoms with Crippen LogP contribution >= 0.6 is 23.2 Å². The van der Waals surface area contributed by atoms with Crippen molar-refractivity contribution < 1.29 is 4.79 Å². The van der Waals surface area contributed by atoms with Gasteiger partial charge in [0.05, 0.1) is 0 Å². The van der Waals surface area contributed by atoms with Crippen LogP contribution in [0.5, 0.6) is 0 Å². The Morgan fingerprint density at radius 1 is 1.22 bits per heavy atom. The van der Waals surface area contributed by atoms with Crippen LogP contribution in [0.1, 0.15) is 25.8 Å². The first-order valence-corrected chi connectivity index (χ1v) is 7.00. The van der Waals surface area contributed by atoms with Crippen LogP contribution in [-0.4, -0.2) is 30.3 Å². The zero-order chi connectivity index (χ0) is 13.5. The summed E-state index contributed by atoms with van der Waals surface area (Å²) in [6.07, 6.45) is 0.956. The third kappa shape index (κ3) is 4.97. The number of Topliss-reactive ketones (excluding diaryl/α,β-unsaturated/α-hetero) is 1. The zero-order valence-corrected chi connectivity index (χ0v) is 12.4. The summed E-state index contributed by atoms with van der Waals surface area (Å²) in [6, 6.07) is 5.26. The van der Waals surface area contributed by atoms with E-state index in [0.717, 1.165) is 25.2 Å². The molecule has 100 valence electrons. The fourth-order valence-electron chi connectivity index (χ4n) is 1.79. The molecule has 0 spiro atoms. The fourth-order valence-corrected chi connectivity index (χ4v) is 2.26. The van der Waals surface area contributed by atoms with Gasteiger partial charge in [-0.05, 0) is 30.8 Å². The standard InChI is InChI=1S/C14H19Cl2NO/c1-3-17(4-2)8-7-13(18)9-11-5-6-12(15)10-14(11)16/h5-6,10H,3-4,7-9H2,1-2H3. The van der Waals surface area contributed by atoms with E-state index in [-0.39, 0.29) is 5.78 Å². The molecule has 0 aliphatic heterocycles. The highest BCUT2D eigenvalue weighted by molar-refractivity contribution is 6.35. The van der Waals surface area contributed by atoms with E-state index in [2.05, 4.69) is 18.7 Å². The zero-order valence-electron chi connectivity index (χ0n) is 10.9. The van der Waals surface area contributed by atoms with Gasteiger partial charge in [-0.15, -0.1) is 0 Å². The monoisotopic (exact) mass is 287 g/mol. The van der Waals surface area contributed by atoms with Gasteiger partial charge in [0.1, 0.15) is 5.78 Å². The molecule has 2 nitrogen and oxygen atoms in total. The van der Waals surface area contributed by atoms with Crippen molar-refractivity contribution in [1.29, 1.82) is 0 Å². The van der Waals surface area contributed by atoms with Crippen LogP contribution in [0.15, 0.2) is 18.2 Å². The summed E-state index contributed by atoms with van der Waals surface area (Å²) in [4.78, 5) is 14.1. The van der Waals surface area contributed by atoms with Gasteiger partial charge in [0.2, 0.25) is 0 Å². The molecule has 0 radical (unpaired) electrons. The predicted octanol–water partition coefficient (Wildman–Crippen LogP) is 3.84. The third-order valence-electron chi connectivity index (χ3n) is 3.00. The first kappa shape index (κ1) is 15.5. The Bertz CT molecular complexity index is 403. The van der Waals surface area contributed by atoms with Crippen molar-refractivity contribution in [1.82, 2.24) is 4.90 Å². The smallest absolute Gasteiger partial charge is 0.138 e. The summed E-state index contributed by atoms with van der Waals surface area (Å²) in [5, 5.41) is 1.16. The van der Waals surface area contributed by atoms with Gasteiger partial charge < -0.3 is 4.90 Å². The summed E-state index contributed by atoms with van der Waals surface area (Å²) in [5.41, 5.74) is 0.852. The molecule has 0 aromatic heterocycles. The second-order valence-corrected chi connectivity index (χ2v) is 5.07. The van der Waals surface area contributed by atoms with Crippen molar-refractivity contribution in [3.63, 3.8) is 0 Å². The minimum Gasteiger partial charge on any atom is -0.303 e. The Labute approximate surface area is 119 Å². The number of nitrogens with zero attached hydrogens (tertiary/aromatic N) is 1. The van der Waals surface area contributed by atoms with Gasteiger partial charge >= 0.3 is 0 Å². The van der Waals surface area contributed by atoms with Crippen molar-refractivity contribution in [2.45, 2.75) is 26.7 Å². The molecule has 0 unspecified atom stereocenters. The lowest BCUT2D eigenvalue weighted by molar-refractivity contribution is -0.118. The quantitative estimate of drug-likeness (QED) is 0.760. The first-order chi connectivity index (χ1) is 8.56. The van der Waals surface area contributed by atoms with E-state index >= 15 is 0 Å². The molecule has 0 aliphatic rings. The lowest BCUT2D eigenvalue weighted by Crippen LogP contribution is -2.26. The molecule has 4 heteroatoms. The van der Waals surface area contributed by atoms with Crippen LogP contribution in [0.25, 0.3) is 0 Å². The predicted molar refractivity (Wildman–Crippen MR) is 77.6 cm³/mol. The molecule has 1 aromatic carbocycles. The number of halogens is 2. The molecule has 0 saturated heterocycles. The van der Waals surface area contributed by atoms with E-state index in [1.54, 1.807) is 12.1 Å². The molecule has 0 N–H and O–H groups in total. The highest BCUT2D eigenvalue weighted by atomic mass is 35.5. The van der Waals surface area contributed by atoms with Crippen molar-refractivity contribution >= 4 is 29.0 Å². The molecule has 0 fully saturated rings. The van der Waals surface area contributed by atoms with Crippen LogP contribution in [0.4, 0.5) is 0 Å². The van der Waals surface area contributed by atoms with Gasteiger partial charge in [-0.25, -0.2) is 0 Å². The molecule has 1 rings (SSSR count). The average molecular weight is 288 g/mol. The average Bonchev–Trinajstić information content (AvgIpc) is 2.34. The maximum absolute atomic E-state index is 11.9. The highest BCUT2D eigenvalue weighted by Crippen LogP contribution is 2.21. The number of rotatable bonds is 7. The van der Waals surface area contributed by atoms with Crippen LogP contribution < -0.4 is 0 Å². The number of hydrogen-bond acceptors (Lipinski definition) is 2. The topological polar surface area (TPSA) is 20.3 Å². The van der Waals surface area contributed by atoms with Crippen molar-refractivity contribution in [2.24, 2.45) is 0 Å². The number of ketones is 1. The number of benzene rings is 1. The van der Waals surface area contributed by atoms with E-state index in [4.69, 9.17) is 23.2 Å². The molecule has 0 heterocycles. The van der Waals surface area contributed by atoms with Crippen LogP contribution in [0.2, 0.25) is 10.0 Å². The van der Waals surface area contributed by atoms with Crippen LogP contribution in [-0.2, 0) is 11.2 Å². The summed E-state index contributed by atoms with van der Waals surface area (Å²) >= 11 is 11.9. The largest absolute Gasteiger partial charge is 0.303 e.